The molecule has 0 spiro atoms. The van der Waals surface area contributed by atoms with E-state index in [1.807, 2.05) is 6.92 Å². The van der Waals surface area contributed by atoms with Gasteiger partial charge in [0.2, 0.25) is 0 Å². The van der Waals surface area contributed by atoms with E-state index in [1.54, 1.807) is 0 Å². The average Bonchev–Trinajstić information content (AvgIpc) is 2.26. The van der Waals surface area contributed by atoms with Crippen LogP contribution in [0.2, 0.25) is 0 Å². The summed E-state index contributed by atoms with van der Waals surface area (Å²) in [5.74, 6) is 0.583. The first-order valence-corrected chi connectivity index (χ1v) is 5.40. The topological polar surface area (TPSA) is 32.6 Å². The number of rotatable bonds is 4. The van der Waals surface area contributed by atoms with Crippen molar-refractivity contribution in [2.24, 2.45) is 5.16 Å². The SMILES string of the molecule is C/C(CCc1ccc(C(C)C)cc1)=N\O. The van der Waals surface area contributed by atoms with Crippen molar-refractivity contribution >= 4 is 5.71 Å². The van der Waals surface area contributed by atoms with Gasteiger partial charge in [-0.25, -0.2) is 0 Å². The largest absolute Gasteiger partial charge is 0.411 e. The number of aryl methyl sites for hydroxylation is 1. The first-order chi connectivity index (χ1) is 7.13. The molecular formula is C13H19NO. The molecule has 0 bridgehead atoms. The molecule has 0 atom stereocenters. The Labute approximate surface area is 91.6 Å². The van der Waals surface area contributed by atoms with Crippen molar-refractivity contribution in [2.45, 2.75) is 39.5 Å². The molecule has 0 saturated carbocycles. The zero-order valence-corrected chi connectivity index (χ0v) is 9.70. The fourth-order valence-electron chi connectivity index (χ4n) is 1.44. The van der Waals surface area contributed by atoms with Crippen molar-refractivity contribution in [3.8, 4) is 0 Å². The van der Waals surface area contributed by atoms with E-state index in [-0.39, 0.29) is 0 Å². The fourth-order valence-corrected chi connectivity index (χ4v) is 1.44. The fraction of sp³-hybridized carbons (Fsp3) is 0.462. The third-order valence-corrected chi connectivity index (χ3v) is 2.59. The molecular weight excluding hydrogens is 186 g/mol. The molecule has 0 aliphatic rings. The summed E-state index contributed by atoms with van der Waals surface area (Å²) in [6.45, 7) is 6.22. The Morgan fingerprint density at radius 3 is 2.33 bits per heavy atom. The van der Waals surface area contributed by atoms with Gasteiger partial charge in [0.05, 0.1) is 5.71 Å². The molecule has 1 aromatic carbocycles. The first kappa shape index (κ1) is 11.8. The molecule has 0 amide bonds. The Morgan fingerprint density at radius 1 is 1.27 bits per heavy atom. The quantitative estimate of drug-likeness (QED) is 0.454. The predicted octanol–water partition coefficient (Wildman–Crippen LogP) is 3.59. The molecule has 82 valence electrons. The molecule has 1 rings (SSSR count). The third-order valence-electron chi connectivity index (χ3n) is 2.59. The highest BCUT2D eigenvalue weighted by atomic mass is 16.4. The number of nitrogens with zero attached hydrogens (tertiary/aromatic N) is 1. The van der Waals surface area contributed by atoms with Crippen molar-refractivity contribution in [3.05, 3.63) is 35.4 Å². The Hall–Kier alpha value is -1.31. The Morgan fingerprint density at radius 2 is 1.87 bits per heavy atom. The van der Waals surface area contributed by atoms with E-state index >= 15 is 0 Å². The van der Waals surface area contributed by atoms with Gasteiger partial charge in [0, 0.05) is 0 Å². The maximum atomic E-state index is 8.52. The van der Waals surface area contributed by atoms with Crippen molar-refractivity contribution < 1.29 is 5.21 Å². The number of hydrogen-bond donors (Lipinski definition) is 1. The summed E-state index contributed by atoms with van der Waals surface area (Å²) in [4.78, 5) is 0. The van der Waals surface area contributed by atoms with Gasteiger partial charge in [-0.05, 0) is 36.8 Å². The maximum Gasteiger partial charge on any atom is 0.0543 e. The van der Waals surface area contributed by atoms with Crippen LogP contribution in [0.5, 0.6) is 0 Å². The minimum absolute atomic E-state index is 0.583. The summed E-state index contributed by atoms with van der Waals surface area (Å²) in [7, 11) is 0. The lowest BCUT2D eigenvalue weighted by atomic mass is 10.00. The molecule has 0 fully saturated rings. The van der Waals surface area contributed by atoms with Gasteiger partial charge in [-0.2, -0.15) is 0 Å². The summed E-state index contributed by atoms with van der Waals surface area (Å²) < 4.78 is 0. The molecule has 0 unspecified atom stereocenters. The minimum atomic E-state index is 0.583. The highest BCUT2D eigenvalue weighted by molar-refractivity contribution is 5.81. The van der Waals surface area contributed by atoms with E-state index in [1.165, 1.54) is 11.1 Å². The zero-order chi connectivity index (χ0) is 11.3. The van der Waals surface area contributed by atoms with Crippen LogP contribution in [0.15, 0.2) is 29.4 Å². The molecule has 2 heteroatoms. The van der Waals surface area contributed by atoms with Gasteiger partial charge < -0.3 is 5.21 Å². The highest BCUT2D eigenvalue weighted by Crippen LogP contribution is 2.15. The van der Waals surface area contributed by atoms with Gasteiger partial charge in [-0.15, -0.1) is 0 Å². The third kappa shape index (κ3) is 3.74. The van der Waals surface area contributed by atoms with Crippen LogP contribution >= 0.6 is 0 Å². The van der Waals surface area contributed by atoms with Crippen molar-refractivity contribution in [3.63, 3.8) is 0 Å². The van der Waals surface area contributed by atoms with E-state index in [4.69, 9.17) is 5.21 Å². The summed E-state index contributed by atoms with van der Waals surface area (Å²) >= 11 is 0. The predicted molar refractivity (Wildman–Crippen MR) is 63.7 cm³/mol. The molecule has 0 saturated heterocycles. The highest BCUT2D eigenvalue weighted by Gasteiger charge is 1.99. The van der Waals surface area contributed by atoms with E-state index in [0.717, 1.165) is 18.6 Å². The van der Waals surface area contributed by atoms with Crippen LogP contribution in [-0.4, -0.2) is 10.9 Å². The van der Waals surface area contributed by atoms with Crippen LogP contribution in [0, 0.1) is 0 Å². The molecule has 0 heterocycles. The van der Waals surface area contributed by atoms with Crippen molar-refractivity contribution in [1.82, 2.24) is 0 Å². The Bertz CT molecular complexity index is 325. The zero-order valence-electron chi connectivity index (χ0n) is 9.70. The van der Waals surface area contributed by atoms with Gasteiger partial charge in [0.25, 0.3) is 0 Å². The minimum Gasteiger partial charge on any atom is -0.411 e. The number of oxime groups is 1. The van der Waals surface area contributed by atoms with E-state index in [9.17, 15) is 0 Å². The normalized spacial score (nSPS) is 12.1. The van der Waals surface area contributed by atoms with E-state index in [2.05, 4.69) is 43.3 Å². The average molecular weight is 205 g/mol. The van der Waals surface area contributed by atoms with Gasteiger partial charge in [-0.3, -0.25) is 0 Å². The Kier molecular flexibility index (Phi) is 4.35. The van der Waals surface area contributed by atoms with Crippen LogP contribution in [0.4, 0.5) is 0 Å². The molecule has 15 heavy (non-hydrogen) atoms. The lowest BCUT2D eigenvalue weighted by Crippen LogP contribution is -1.95. The summed E-state index contributed by atoms with van der Waals surface area (Å²) in [6.07, 6.45) is 1.76. The molecule has 2 nitrogen and oxygen atoms in total. The van der Waals surface area contributed by atoms with Crippen LogP contribution in [0.3, 0.4) is 0 Å². The summed E-state index contributed by atoms with van der Waals surface area (Å²) in [6, 6.07) is 8.65. The summed E-state index contributed by atoms with van der Waals surface area (Å²) in [5.41, 5.74) is 3.44. The lowest BCUT2D eigenvalue weighted by molar-refractivity contribution is 0.317. The smallest absolute Gasteiger partial charge is 0.0543 e. The van der Waals surface area contributed by atoms with Crippen molar-refractivity contribution in [2.75, 3.05) is 0 Å². The van der Waals surface area contributed by atoms with Gasteiger partial charge >= 0.3 is 0 Å². The second-order valence-electron chi connectivity index (χ2n) is 4.23. The monoisotopic (exact) mass is 205 g/mol. The molecule has 0 aliphatic heterocycles. The second-order valence-corrected chi connectivity index (χ2v) is 4.23. The van der Waals surface area contributed by atoms with E-state index in [0.29, 0.717) is 5.92 Å². The Balaban J connectivity index is 2.57. The van der Waals surface area contributed by atoms with Crippen LogP contribution < -0.4 is 0 Å². The molecule has 0 aliphatic carbocycles. The maximum absolute atomic E-state index is 8.52. The van der Waals surface area contributed by atoms with Gasteiger partial charge in [0.15, 0.2) is 0 Å². The number of benzene rings is 1. The molecule has 1 aromatic rings. The molecule has 0 aromatic heterocycles. The van der Waals surface area contributed by atoms with E-state index < -0.39 is 0 Å². The first-order valence-electron chi connectivity index (χ1n) is 5.40. The van der Waals surface area contributed by atoms with Crippen LogP contribution in [-0.2, 0) is 6.42 Å². The lowest BCUT2D eigenvalue weighted by Gasteiger charge is -2.06. The number of hydrogen-bond acceptors (Lipinski definition) is 2. The molecule has 0 radical (unpaired) electrons. The van der Waals surface area contributed by atoms with Crippen LogP contribution in [0.25, 0.3) is 0 Å². The standard InChI is InChI=1S/C13H19NO/c1-10(2)13-8-6-12(7-9-13)5-4-11(3)14-15/h6-10,15H,4-5H2,1-3H3/b14-11+. The van der Waals surface area contributed by atoms with Gasteiger partial charge in [-0.1, -0.05) is 43.3 Å². The summed E-state index contributed by atoms with van der Waals surface area (Å²) in [5, 5.41) is 11.7. The second kappa shape index (κ2) is 5.54. The van der Waals surface area contributed by atoms with Crippen molar-refractivity contribution in [1.29, 1.82) is 0 Å². The van der Waals surface area contributed by atoms with Gasteiger partial charge in [0.1, 0.15) is 0 Å². The van der Waals surface area contributed by atoms with Crippen LogP contribution in [0.1, 0.15) is 44.2 Å². The molecule has 1 N–H and O–H groups in total.